The maximum Gasteiger partial charge on any atom is 0.238 e. The molecule has 1 aromatic carbocycles. The highest BCUT2D eigenvalue weighted by Gasteiger charge is 2.07. The number of carbonyl (C=O) groups is 1. The van der Waals surface area contributed by atoms with Crippen molar-refractivity contribution in [2.75, 3.05) is 6.54 Å². The maximum atomic E-state index is 11.8. The lowest BCUT2D eigenvalue weighted by molar-refractivity contribution is -0.121. The number of nitrogens with two attached hydrogens (primary N) is 1. The van der Waals surface area contributed by atoms with Crippen LogP contribution in [0.15, 0.2) is 47.5 Å². The molecule has 2 rings (SSSR count). The van der Waals surface area contributed by atoms with Crippen LogP contribution in [0, 0.1) is 0 Å². The van der Waals surface area contributed by atoms with Crippen LogP contribution in [0.5, 0.6) is 0 Å². The van der Waals surface area contributed by atoms with Gasteiger partial charge < -0.3 is 9.88 Å². The number of hydrogen-bond donors (Lipinski definition) is 2. The molecule has 2 aromatic rings. The molecule has 1 heterocycles. The lowest BCUT2D eigenvalue weighted by Crippen LogP contribution is -2.26. The summed E-state index contributed by atoms with van der Waals surface area (Å²) in [6, 6.07) is 10.3. The zero-order chi connectivity index (χ0) is 16.9. The van der Waals surface area contributed by atoms with Gasteiger partial charge in [-0.1, -0.05) is 12.1 Å². The van der Waals surface area contributed by atoms with E-state index in [9.17, 15) is 13.2 Å². The number of carbonyl (C=O) groups excluding carboxylic acids is 1. The van der Waals surface area contributed by atoms with Crippen LogP contribution in [-0.4, -0.2) is 25.4 Å². The molecule has 0 unspecified atom stereocenters. The van der Waals surface area contributed by atoms with Gasteiger partial charge in [-0.15, -0.1) is 0 Å². The van der Waals surface area contributed by atoms with Gasteiger partial charge in [-0.25, -0.2) is 13.6 Å². The van der Waals surface area contributed by atoms with Crippen molar-refractivity contribution >= 4 is 15.9 Å². The number of hydrogen-bond acceptors (Lipinski definition) is 3. The molecule has 0 saturated heterocycles. The Morgan fingerprint density at radius 1 is 1.17 bits per heavy atom. The van der Waals surface area contributed by atoms with Crippen molar-refractivity contribution in [3.05, 3.63) is 53.9 Å². The van der Waals surface area contributed by atoms with Crippen LogP contribution < -0.4 is 10.5 Å². The van der Waals surface area contributed by atoms with Crippen molar-refractivity contribution in [2.24, 2.45) is 12.2 Å². The molecule has 0 radical (unpaired) electrons. The molecule has 0 spiro atoms. The number of aryl methyl sites for hydroxylation is 2. The summed E-state index contributed by atoms with van der Waals surface area (Å²) in [5.74, 6) is 0.00681. The summed E-state index contributed by atoms with van der Waals surface area (Å²) in [6.45, 7) is 0.515. The third-order valence-corrected chi connectivity index (χ3v) is 4.58. The topological polar surface area (TPSA) is 94.2 Å². The molecule has 0 aliphatic heterocycles. The summed E-state index contributed by atoms with van der Waals surface area (Å²) in [4.78, 5) is 11.9. The Labute approximate surface area is 136 Å². The highest BCUT2D eigenvalue weighted by Crippen LogP contribution is 2.09. The van der Waals surface area contributed by atoms with E-state index in [0.29, 0.717) is 25.8 Å². The summed E-state index contributed by atoms with van der Waals surface area (Å²) >= 11 is 0. The number of primary sulfonamides is 1. The van der Waals surface area contributed by atoms with Crippen molar-refractivity contribution < 1.29 is 13.2 Å². The molecule has 0 atom stereocenters. The van der Waals surface area contributed by atoms with Gasteiger partial charge in [0, 0.05) is 31.9 Å². The molecule has 124 valence electrons. The van der Waals surface area contributed by atoms with Gasteiger partial charge in [-0.2, -0.15) is 0 Å². The van der Waals surface area contributed by atoms with Gasteiger partial charge in [0.25, 0.3) is 0 Å². The average molecular weight is 335 g/mol. The zero-order valence-electron chi connectivity index (χ0n) is 13.0. The van der Waals surface area contributed by atoms with Crippen molar-refractivity contribution in [3.63, 3.8) is 0 Å². The number of sulfonamides is 1. The maximum absolute atomic E-state index is 11.8. The van der Waals surface area contributed by atoms with Crippen LogP contribution >= 0.6 is 0 Å². The van der Waals surface area contributed by atoms with E-state index in [0.717, 1.165) is 11.3 Å². The highest BCUT2D eigenvalue weighted by atomic mass is 32.2. The predicted molar refractivity (Wildman–Crippen MR) is 88.3 cm³/mol. The summed E-state index contributed by atoms with van der Waals surface area (Å²) in [5.41, 5.74) is 2.07. The Morgan fingerprint density at radius 2 is 1.87 bits per heavy atom. The average Bonchev–Trinajstić information content (AvgIpc) is 2.90. The van der Waals surface area contributed by atoms with Gasteiger partial charge in [-0.3, -0.25) is 4.79 Å². The Morgan fingerprint density at radius 3 is 2.43 bits per heavy atom. The van der Waals surface area contributed by atoms with Gasteiger partial charge in [-0.05, 0) is 42.7 Å². The molecule has 23 heavy (non-hydrogen) atoms. The summed E-state index contributed by atoms with van der Waals surface area (Å²) in [7, 11) is -1.70. The summed E-state index contributed by atoms with van der Waals surface area (Å²) in [6.07, 6.45) is 3.75. The lowest BCUT2D eigenvalue weighted by Gasteiger charge is -2.07. The fourth-order valence-electron chi connectivity index (χ4n) is 2.28. The normalized spacial score (nSPS) is 11.4. The minimum Gasteiger partial charge on any atom is -0.356 e. The highest BCUT2D eigenvalue weighted by molar-refractivity contribution is 7.89. The SMILES string of the molecule is Cn1cccc1CCC(=O)NCCc1ccc(S(N)(=O)=O)cc1. The van der Waals surface area contributed by atoms with E-state index >= 15 is 0 Å². The van der Waals surface area contributed by atoms with Crippen LogP contribution in [-0.2, 0) is 34.7 Å². The molecule has 3 N–H and O–H groups in total. The number of rotatable bonds is 7. The van der Waals surface area contributed by atoms with Crippen molar-refractivity contribution in [2.45, 2.75) is 24.2 Å². The van der Waals surface area contributed by atoms with Gasteiger partial charge in [0.05, 0.1) is 4.90 Å². The zero-order valence-corrected chi connectivity index (χ0v) is 13.8. The molecular formula is C16H21N3O3S. The first-order valence-corrected chi connectivity index (χ1v) is 8.89. The fraction of sp³-hybridized carbons (Fsp3) is 0.312. The van der Waals surface area contributed by atoms with E-state index in [-0.39, 0.29) is 10.8 Å². The number of nitrogens with zero attached hydrogens (tertiary/aromatic N) is 1. The molecule has 0 saturated carbocycles. The lowest BCUT2D eigenvalue weighted by atomic mass is 10.1. The second kappa shape index (κ2) is 7.43. The van der Waals surface area contributed by atoms with Crippen molar-refractivity contribution in [1.82, 2.24) is 9.88 Å². The second-order valence-electron chi connectivity index (χ2n) is 5.40. The molecule has 0 fully saturated rings. The first kappa shape index (κ1) is 17.2. The number of nitrogens with one attached hydrogen (secondary N) is 1. The molecule has 7 heteroatoms. The van der Waals surface area contributed by atoms with E-state index < -0.39 is 10.0 Å². The molecule has 0 aliphatic rings. The van der Waals surface area contributed by atoms with Crippen LogP contribution in [0.25, 0.3) is 0 Å². The molecule has 1 aromatic heterocycles. The molecule has 0 bridgehead atoms. The monoisotopic (exact) mass is 335 g/mol. The van der Waals surface area contributed by atoms with Crippen molar-refractivity contribution in [1.29, 1.82) is 0 Å². The predicted octanol–water partition coefficient (Wildman–Crippen LogP) is 0.964. The molecule has 0 aliphatic carbocycles. The summed E-state index contributed by atoms with van der Waals surface area (Å²) in [5, 5.41) is 7.91. The molecular weight excluding hydrogens is 314 g/mol. The van der Waals surface area contributed by atoms with E-state index in [1.54, 1.807) is 12.1 Å². The second-order valence-corrected chi connectivity index (χ2v) is 6.96. The first-order valence-electron chi connectivity index (χ1n) is 7.35. The van der Waals surface area contributed by atoms with Crippen molar-refractivity contribution in [3.8, 4) is 0 Å². The van der Waals surface area contributed by atoms with Crippen LogP contribution in [0.3, 0.4) is 0 Å². The smallest absolute Gasteiger partial charge is 0.238 e. The van der Waals surface area contributed by atoms with E-state index in [1.807, 2.05) is 29.9 Å². The van der Waals surface area contributed by atoms with Crippen LogP contribution in [0.1, 0.15) is 17.7 Å². The molecule has 1 amide bonds. The largest absolute Gasteiger partial charge is 0.356 e. The Balaban J connectivity index is 1.74. The Kier molecular flexibility index (Phi) is 5.57. The third kappa shape index (κ3) is 5.22. The minimum absolute atomic E-state index is 0.00681. The Hall–Kier alpha value is -2.12. The van der Waals surface area contributed by atoms with E-state index in [2.05, 4.69) is 5.32 Å². The standard InChI is InChI=1S/C16H21N3O3S/c1-19-12-2-3-14(19)6-9-16(20)18-11-10-13-4-7-15(8-5-13)23(17,21)22/h2-5,7-8,12H,6,9-11H2,1H3,(H,18,20)(H2,17,21,22). The van der Waals surface area contributed by atoms with E-state index in [4.69, 9.17) is 5.14 Å². The number of aromatic nitrogens is 1. The first-order chi connectivity index (χ1) is 10.9. The Bertz CT molecular complexity index is 764. The summed E-state index contributed by atoms with van der Waals surface area (Å²) < 4.78 is 24.3. The number of benzene rings is 1. The fourth-order valence-corrected chi connectivity index (χ4v) is 2.79. The van der Waals surface area contributed by atoms with Crippen LogP contribution in [0.2, 0.25) is 0 Å². The van der Waals surface area contributed by atoms with Gasteiger partial charge in [0.15, 0.2) is 0 Å². The third-order valence-electron chi connectivity index (χ3n) is 3.65. The van der Waals surface area contributed by atoms with Gasteiger partial charge in [0.2, 0.25) is 15.9 Å². The van der Waals surface area contributed by atoms with Crippen LogP contribution in [0.4, 0.5) is 0 Å². The van der Waals surface area contributed by atoms with Gasteiger partial charge >= 0.3 is 0 Å². The van der Waals surface area contributed by atoms with E-state index in [1.165, 1.54) is 12.1 Å². The minimum atomic E-state index is -3.66. The molecule has 6 nitrogen and oxygen atoms in total. The van der Waals surface area contributed by atoms with Gasteiger partial charge in [0.1, 0.15) is 0 Å². The number of amides is 1. The quantitative estimate of drug-likeness (QED) is 0.789.